The second kappa shape index (κ2) is 8.06. The van der Waals surface area contributed by atoms with E-state index in [1.165, 1.54) is 27.4 Å². The summed E-state index contributed by atoms with van der Waals surface area (Å²) in [7, 11) is 4.45. The number of phenolic OH excluding ortho intramolecular Hbond substituents is 1. The Morgan fingerprint density at radius 1 is 1.04 bits per heavy atom. The van der Waals surface area contributed by atoms with E-state index < -0.39 is 0 Å². The number of methoxy groups -OCH3 is 3. The molecule has 0 fully saturated rings. The van der Waals surface area contributed by atoms with Crippen molar-refractivity contribution in [3.8, 4) is 29.1 Å². The lowest BCUT2D eigenvalue weighted by atomic mass is 9.95. The molecule has 0 radical (unpaired) electrons. The van der Waals surface area contributed by atoms with Gasteiger partial charge in [0.05, 0.1) is 39.4 Å². The number of rotatable bonds is 7. The van der Waals surface area contributed by atoms with Crippen LogP contribution in [0.5, 0.6) is 23.0 Å². The topological polar surface area (TPSA) is 88.8 Å². The second-order valence-corrected chi connectivity index (χ2v) is 5.27. The predicted octanol–water partition coefficient (Wildman–Crippen LogP) is 2.91. The van der Waals surface area contributed by atoms with Crippen molar-refractivity contribution >= 4 is 5.78 Å². The number of phenols is 1. The van der Waals surface area contributed by atoms with Crippen LogP contribution in [0.2, 0.25) is 0 Å². The molecule has 6 nitrogen and oxygen atoms in total. The Kier molecular flexibility index (Phi) is 5.85. The average molecular weight is 341 g/mol. The third-order valence-corrected chi connectivity index (χ3v) is 3.81. The van der Waals surface area contributed by atoms with E-state index in [9.17, 15) is 9.90 Å². The number of carbonyl (C=O) groups is 1. The lowest BCUT2D eigenvalue weighted by Gasteiger charge is -2.13. The van der Waals surface area contributed by atoms with E-state index in [0.29, 0.717) is 22.6 Å². The Labute approximate surface area is 146 Å². The fraction of sp³-hybridized carbons (Fsp3) is 0.263. The van der Waals surface area contributed by atoms with Crippen LogP contribution in [0.4, 0.5) is 0 Å². The minimum absolute atomic E-state index is 0.0184. The highest BCUT2D eigenvalue weighted by atomic mass is 16.5. The van der Waals surface area contributed by atoms with Crippen LogP contribution in [0.25, 0.3) is 0 Å². The van der Waals surface area contributed by atoms with Crippen molar-refractivity contribution in [2.24, 2.45) is 0 Å². The van der Waals surface area contributed by atoms with E-state index in [4.69, 9.17) is 19.5 Å². The highest BCUT2D eigenvalue weighted by molar-refractivity contribution is 6.02. The fourth-order valence-corrected chi connectivity index (χ4v) is 2.59. The monoisotopic (exact) mass is 341 g/mol. The second-order valence-electron chi connectivity index (χ2n) is 5.27. The summed E-state index contributed by atoms with van der Waals surface area (Å²) in [6.45, 7) is 0. The zero-order chi connectivity index (χ0) is 18.4. The molecule has 0 heterocycles. The summed E-state index contributed by atoms with van der Waals surface area (Å²) in [6, 6.07) is 10.3. The fourth-order valence-electron chi connectivity index (χ4n) is 2.59. The van der Waals surface area contributed by atoms with Crippen LogP contribution < -0.4 is 14.2 Å². The molecule has 0 saturated carbocycles. The van der Waals surface area contributed by atoms with E-state index in [-0.39, 0.29) is 35.7 Å². The van der Waals surface area contributed by atoms with Gasteiger partial charge in [0.25, 0.3) is 0 Å². The Morgan fingerprint density at radius 3 is 2.28 bits per heavy atom. The number of Topliss-reactive ketones (excluding diaryl/α,β-unsaturated/α-hetero) is 1. The molecule has 2 aromatic carbocycles. The van der Waals surface area contributed by atoms with Crippen molar-refractivity contribution < 1.29 is 24.1 Å². The highest BCUT2D eigenvalue weighted by Gasteiger charge is 2.20. The van der Waals surface area contributed by atoms with Gasteiger partial charge in [0.1, 0.15) is 0 Å². The van der Waals surface area contributed by atoms with Crippen LogP contribution in [-0.2, 0) is 12.8 Å². The van der Waals surface area contributed by atoms with Crippen LogP contribution in [0.15, 0.2) is 30.3 Å². The first-order valence-electron chi connectivity index (χ1n) is 7.55. The molecule has 0 aliphatic rings. The molecule has 6 heteroatoms. The Balaban J connectivity index is 2.39. The Morgan fingerprint density at radius 2 is 1.68 bits per heavy atom. The molecule has 2 rings (SSSR count). The molecular weight excluding hydrogens is 322 g/mol. The van der Waals surface area contributed by atoms with Gasteiger partial charge in [-0.2, -0.15) is 5.26 Å². The number of nitriles is 1. The van der Waals surface area contributed by atoms with Crippen molar-refractivity contribution in [1.82, 2.24) is 0 Å². The van der Waals surface area contributed by atoms with Crippen molar-refractivity contribution in [2.75, 3.05) is 21.3 Å². The summed E-state index contributed by atoms with van der Waals surface area (Å²) < 4.78 is 15.5. The van der Waals surface area contributed by atoms with Crippen LogP contribution in [0.3, 0.4) is 0 Å². The number of hydrogen-bond acceptors (Lipinski definition) is 6. The minimum Gasteiger partial charge on any atom is -0.504 e. The van der Waals surface area contributed by atoms with Crippen LogP contribution in [0.1, 0.15) is 21.5 Å². The van der Waals surface area contributed by atoms with E-state index in [0.717, 1.165) is 0 Å². The molecule has 2 aromatic rings. The molecule has 130 valence electrons. The first kappa shape index (κ1) is 18.1. The van der Waals surface area contributed by atoms with Gasteiger partial charge in [0.2, 0.25) is 0 Å². The largest absolute Gasteiger partial charge is 0.504 e. The molecule has 0 saturated heterocycles. The zero-order valence-electron chi connectivity index (χ0n) is 14.3. The highest BCUT2D eigenvalue weighted by Crippen LogP contribution is 2.34. The van der Waals surface area contributed by atoms with Crippen molar-refractivity contribution in [3.63, 3.8) is 0 Å². The summed E-state index contributed by atoms with van der Waals surface area (Å²) in [4.78, 5) is 12.8. The zero-order valence-corrected chi connectivity index (χ0v) is 14.3. The summed E-state index contributed by atoms with van der Waals surface area (Å²) in [5.41, 5.74) is 1.27. The first-order valence-corrected chi connectivity index (χ1v) is 7.55. The van der Waals surface area contributed by atoms with E-state index in [1.54, 1.807) is 24.3 Å². The SMILES string of the molecule is COc1ccc(CC(=O)c2c(CC#N)ccc(OC)c2O)cc1OC. The smallest absolute Gasteiger partial charge is 0.171 e. The van der Waals surface area contributed by atoms with Gasteiger partial charge in [0.15, 0.2) is 28.8 Å². The number of ketones is 1. The standard InChI is InChI=1S/C19H19NO5/c1-23-15-6-4-12(11-17(15)25-3)10-14(21)18-13(8-9-20)5-7-16(24-2)19(18)22/h4-7,11,22H,8,10H2,1-3H3. The molecule has 25 heavy (non-hydrogen) atoms. The molecule has 0 unspecified atom stereocenters. The van der Waals surface area contributed by atoms with Gasteiger partial charge in [-0.05, 0) is 29.3 Å². The summed E-state index contributed by atoms with van der Waals surface area (Å²) in [5, 5.41) is 19.3. The number of ether oxygens (including phenoxy) is 3. The quantitative estimate of drug-likeness (QED) is 0.779. The minimum atomic E-state index is -0.311. The van der Waals surface area contributed by atoms with Gasteiger partial charge in [-0.3, -0.25) is 4.79 Å². The Hall–Kier alpha value is -3.20. The maximum Gasteiger partial charge on any atom is 0.171 e. The molecular formula is C19H19NO5. The molecule has 0 aliphatic heterocycles. The first-order chi connectivity index (χ1) is 12.0. The van der Waals surface area contributed by atoms with E-state index >= 15 is 0 Å². The van der Waals surface area contributed by atoms with Crippen molar-refractivity contribution in [3.05, 3.63) is 47.0 Å². The summed E-state index contributed by atoms with van der Waals surface area (Å²) >= 11 is 0. The lowest BCUT2D eigenvalue weighted by Crippen LogP contribution is -2.08. The third kappa shape index (κ3) is 3.83. The van der Waals surface area contributed by atoms with Gasteiger partial charge in [-0.25, -0.2) is 0 Å². The van der Waals surface area contributed by atoms with Gasteiger partial charge in [-0.1, -0.05) is 12.1 Å². The summed E-state index contributed by atoms with van der Waals surface area (Å²) in [6.07, 6.45) is 0.0596. The average Bonchev–Trinajstić information content (AvgIpc) is 2.62. The number of aromatic hydroxyl groups is 1. The number of carbonyl (C=O) groups excluding carboxylic acids is 1. The summed E-state index contributed by atoms with van der Waals surface area (Å²) in [5.74, 6) is 0.708. The van der Waals surface area contributed by atoms with Gasteiger partial charge >= 0.3 is 0 Å². The number of hydrogen-bond donors (Lipinski definition) is 1. The molecule has 1 N–H and O–H groups in total. The van der Waals surface area contributed by atoms with Gasteiger partial charge in [-0.15, -0.1) is 0 Å². The van der Waals surface area contributed by atoms with Crippen LogP contribution >= 0.6 is 0 Å². The van der Waals surface area contributed by atoms with Crippen LogP contribution in [0, 0.1) is 11.3 Å². The molecule has 0 aromatic heterocycles. The van der Waals surface area contributed by atoms with Gasteiger partial charge < -0.3 is 19.3 Å². The van der Waals surface area contributed by atoms with E-state index in [1.807, 2.05) is 6.07 Å². The van der Waals surface area contributed by atoms with Crippen LogP contribution in [-0.4, -0.2) is 32.2 Å². The number of nitrogens with zero attached hydrogens (tertiary/aromatic N) is 1. The molecule has 0 aliphatic carbocycles. The molecule has 0 atom stereocenters. The lowest BCUT2D eigenvalue weighted by molar-refractivity contribution is 0.0989. The van der Waals surface area contributed by atoms with Gasteiger partial charge in [0, 0.05) is 6.42 Å². The Bertz CT molecular complexity index is 823. The molecule has 0 spiro atoms. The maximum atomic E-state index is 12.8. The van der Waals surface area contributed by atoms with E-state index in [2.05, 4.69) is 0 Å². The van der Waals surface area contributed by atoms with Crippen molar-refractivity contribution in [2.45, 2.75) is 12.8 Å². The number of benzene rings is 2. The predicted molar refractivity (Wildman–Crippen MR) is 91.6 cm³/mol. The normalized spacial score (nSPS) is 10.0. The molecule has 0 bridgehead atoms. The molecule has 0 amide bonds. The maximum absolute atomic E-state index is 12.8. The third-order valence-electron chi connectivity index (χ3n) is 3.81. The van der Waals surface area contributed by atoms with Crippen molar-refractivity contribution in [1.29, 1.82) is 5.26 Å².